The second-order valence-corrected chi connectivity index (χ2v) is 5.61. The number of rotatable bonds is 3. The number of carbonyl (C=O) groups is 1. The molecule has 0 bridgehead atoms. The van der Waals surface area contributed by atoms with Gasteiger partial charge in [0.2, 0.25) is 0 Å². The molecular formula is C15H22FN3O. The van der Waals surface area contributed by atoms with Gasteiger partial charge in [-0.25, -0.2) is 9.37 Å². The third-order valence-electron chi connectivity index (χ3n) is 4.13. The quantitative estimate of drug-likeness (QED) is 0.925. The molecule has 1 N–H and O–H groups in total. The summed E-state index contributed by atoms with van der Waals surface area (Å²) in [7, 11) is 3.36. The second-order valence-electron chi connectivity index (χ2n) is 5.61. The molecule has 1 saturated carbocycles. The van der Waals surface area contributed by atoms with Gasteiger partial charge in [-0.2, -0.15) is 0 Å². The van der Waals surface area contributed by atoms with Crippen molar-refractivity contribution in [3.05, 3.63) is 23.6 Å². The van der Waals surface area contributed by atoms with Gasteiger partial charge in [0, 0.05) is 26.3 Å². The van der Waals surface area contributed by atoms with Crippen LogP contribution in [0.5, 0.6) is 0 Å². The van der Waals surface area contributed by atoms with Crippen LogP contribution in [-0.4, -0.2) is 35.9 Å². The smallest absolute Gasteiger partial charge is 0.257 e. The van der Waals surface area contributed by atoms with Crippen LogP contribution in [0.2, 0.25) is 0 Å². The van der Waals surface area contributed by atoms with Crippen molar-refractivity contribution in [2.75, 3.05) is 19.4 Å². The molecular weight excluding hydrogens is 257 g/mol. The Balaban J connectivity index is 2.18. The third-order valence-corrected chi connectivity index (χ3v) is 4.13. The van der Waals surface area contributed by atoms with Crippen LogP contribution in [0.1, 0.15) is 43.0 Å². The molecule has 110 valence electrons. The summed E-state index contributed by atoms with van der Waals surface area (Å²) in [4.78, 5) is 18.0. The molecule has 0 aromatic carbocycles. The average Bonchev–Trinajstić information content (AvgIpc) is 2.46. The highest BCUT2D eigenvalue weighted by Gasteiger charge is 2.28. The van der Waals surface area contributed by atoms with E-state index in [2.05, 4.69) is 17.2 Å². The lowest BCUT2D eigenvalue weighted by Gasteiger charge is -2.34. The van der Waals surface area contributed by atoms with Crippen LogP contribution in [0, 0.1) is 11.7 Å². The highest BCUT2D eigenvalue weighted by Crippen LogP contribution is 2.28. The van der Waals surface area contributed by atoms with Gasteiger partial charge in [-0.05, 0) is 24.8 Å². The Morgan fingerprint density at radius 1 is 1.50 bits per heavy atom. The van der Waals surface area contributed by atoms with Crippen LogP contribution in [-0.2, 0) is 0 Å². The summed E-state index contributed by atoms with van der Waals surface area (Å²) in [6.45, 7) is 2.20. The lowest BCUT2D eigenvalue weighted by atomic mass is 9.86. The maximum atomic E-state index is 14.2. The number of hydrogen-bond acceptors (Lipinski definition) is 3. The van der Waals surface area contributed by atoms with Gasteiger partial charge in [-0.15, -0.1) is 0 Å². The maximum Gasteiger partial charge on any atom is 0.257 e. The zero-order chi connectivity index (χ0) is 14.7. The normalized spacial score (nSPS) is 22.4. The van der Waals surface area contributed by atoms with Crippen LogP contribution in [0.25, 0.3) is 0 Å². The first kappa shape index (κ1) is 14.8. The van der Waals surface area contributed by atoms with E-state index >= 15 is 0 Å². The summed E-state index contributed by atoms with van der Waals surface area (Å²) in [6, 6.07) is 1.65. The van der Waals surface area contributed by atoms with E-state index in [0.717, 1.165) is 19.3 Å². The van der Waals surface area contributed by atoms with Gasteiger partial charge in [0.25, 0.3) is 5.91 Å². The molecule has 1 amide bonds. The van der Waals surface area contributed by atoms with Crippen molar-refractivity contribution in [3.8, 4) is 0 Å². The van der Waals surface area contributed by atoms with E-state index < -0.39 is 5.82 Å². The first-order chi connectivity index (χ1) is 9.54. The average molecular weight is 279 g/mol. The van der Waals surface area contributed by atoms with Crippen molar-refractivity contribution in [1.82, 2.24) is 9.88 Å². The van der Waals surface area contributed by atoms with Crippen LogP contribution in [0.4, 0.5) is 10.2 Å². The number of halogens is 1. The first-order valence-corrected chi connectivity index (χ1v) is 7.14. The van der Waals surface area contributed by atoms with Crippen molar-refractivity contribution in [2.24, 2.45) is 5.92 Å². The summed E-state index contributed by atoms with van der Waals surface area (Å²) in [5.41, 5.74) is 0.0880. The summed E-state index contributed by atoms with van der Waals surface area (Å²) in [6.07, 6.45) is 5.79. The number of carbonyl (C=O) groups excluding carboxylic acids is 1. The first-order valence-electron chi connectivity index (χ1n) is 7.14. The van der Waals surface area contributed by atoms with Crippen molar-refractivity contribution >= 4 is 11.7 Å². The number of anilines is 1. The molecule has 0 radical (unpaired) electrons. The van der Waals surface area contributed by atoms with Crippen LogP contribution in [0.3, 0.4) is 0 Å². The Hall–Kier alpha value is -1.65. The molecule has 2 atom stereocenters. The van der Waals surface area contributed by atoms with E-state index in [1.165, 1.54) is 18.7 Å². The van der Waals surface area contributed by atoms with Gasteiger partial charge in [0.1, 0.15) is 0 Å². The van der Waals surface area contributed by atoms with Crippen molar-refractivity contribution < 1.29 is 9.18 Å². The Bertz CT molecular complexity index is 492. The molecule has 1 aromatic heterocycles. The summed E-state index contributed by atoms with van der Waals surface area (Å²) < 4.78 is 14.2. The van der Waals surface area contributed by atoms with Crippen molar-refractivity contribution in [3.63, 3.8) is 0 Å². The molecule has 2 rings (SSSR count). The molecule has 20 heavy (non-hydrogen) atoms. The van der Waals surface area contributed by atoms with Gasteiger partial charge >= 0.3 is 0 Å². The molecule has 0 aliphatic heterocycles. The fourth-order valence-corrected chi connectivity index (χ4v) is 2.89. The number of nitrogens with zero attached hydrogens (tertiary/aromatic N) is 2. The van der Waals surface area contributed by atoms with E-state index in [-0.39, 0.29) is 23.3 Å². The standard InChI is InChI=1S/C15H22FN3O/c1-10-5-4-6-11(9-10)19(3)15(20)12-7-8-18-14(17-2)13(12)16/h7-8,10-11H,4-6,9H2,1-3H3,(H,17,18). The number of hydrogen-bond donors (Lipinski definition) is 1. The van der Waals surface area contributed by atoms with Crippen molar-refractivity contribution in [2.45, 2.75) is 38.6 Å². The molecule has 1 heterocycles. The van der Waals surface area contributed by atoms with E-state index in [1.54, 1.807) is 19.0 Å². The molecule has 1 aromatic rings. The maximum absolute atomic E-state index is 14.2. The highest BCUT2D eigenvalue weighted by molar-refractivity contribution is 5.95. The number of aromatic nitrogens is 1. The third kappa shape index (κ3) is 2.92. The summed E-state index contributed by atoms with van der Waals surface area (Å²) >= 11 is 0. The summed E-state index contributed by atoms with van der Waals surface area (Å²) in [5.74, 6) is -0.100. The molecule has 1 fully saturated rings. The van der Waals surface area contributed by atoms with Gasteiger partial charge in [0.05, 0.1) is 5.56 Å². The molecule has 2 unspecified atom stereocenters. The minimum absolute atomic E-state index is 0.0880. The van der Waals surface area contributed by atoms with Gasteiger partial charge in [0.15, 0.2) is 11.6 Å². The van der Waals surface area contributed by atoms with Crippen LogP contribution >= 0.6 is 0 Å². The van der Waals surface area contributed by atoms with E-state index in [1.807, 2.05) is 0 Å². The Kier molecular flexibility index (Phi) is 4.57. The van der Waals surface area contributed by atoms with Gasteiger partial charge in [-0.3, -0.25) is 4.79 Å². The molecule has 5 heteroatoms. The van der Waals surface area contributed by atoms with Crippen LogP contribution < -0.4 is 5.32 Å². The molecule has 0 saturated heterocycles. The number of pyridine rings is 1. The zero-order valence-corrected chi connectivity index (χ0v) is 12.3. The Morgan fingerprint density at radius 3 is 2.90 bits per heavy atom. The molecule has 1 aliphatic rings. The number of amides is 1. The fraction of sp³-hybridized carbons (Fsp3) is 0.600. The lowest BCUT2D eigenvalue weighted by Crippen LogP contribution is -2.40. The molecule has 1 aliphatic carbocycles. The van der Waals surface area contributed by atoms with E-state index in [4.69, 9.17) is 0 Å². The summed E-state index contributed by atoms with van der Waals surface area (Å²) in [5, 5.41) is 2.66. The van der Waals surface area contributed by atoms with Crippen molar-refractivity contribution in [1.29, 1.82) is 0 Å². The van der Waals surface area contributed by atoms with E-state index in [0.29, 0.717) is 5.92 Å². The fourth-order valence-electron chi connectivity index (χ4n) is 2.89. The predicted octanol–water partition coefficient (Wildman–Crippen LogP) is 2.91. The van der Waals surface area contributed by atoms with Gasteiger partial charge in [-0.1, -0.05) is 19.8 Å². The zero-order valence-electron chi connectivity index (χ0n) is 12.3. The minimum atomic E-state index is -0.573. The van der Waals surface area contributed by atoms with Gasteiger partial charge < -0.3 is 10.2 Å². The molecule has 4 nitrogen and oxygen atoms in total. The topological polar surface area (TPSA) is 45.2 Å². The molecule has 0 spiro atoms. The minimum Gasteiger partial charge on any atom is -0.371 e. The SMILES string of the molecule is CNc1nccc(C(=O)N(C)C2CCCC(C)C2)c1F. The lowest BCUT2D eigenvalue weighted by molar-refractivity contribution is 0.0667. The Morgan fingerprint density at radius 2 is 2.25 bits per heavy atom. The highest BCUT2D eigenvalue weighted by atomic mass is 19.1. The predicted molar refractivity (Wildman–Crippen MR) is 77.3 cm³/mol. The second kappa shape index (κ2) is 6.20. The largest absolute Gasteiger partial charge is 0.371 e. The number of nitrogens with one attached hydrogen (secondary N) is 1. The monoisotopic (exact) mass is 279 g/mol. The Labute approximate surface area is 119 Å². The van der Waals surface area contributed by atoms with E-state index in [9.17, 15) is 9.18 Å². The van der Waals surface area contributed by atoms with Crippen LogP contribution in [0.15, 0.2) is 12.3 Å².